The van der Waals surface area contributed by atoms with E-state index in [1.54, 1.807) is 0 Å². The summed E-state index contributed by atoms with van der Waals surface area (Å²) in [5, 5.41) is 1.74. The van der Waals surface area contributed by atoms with Crippen molar-refractivity contribution in [3.63, 3.8) is 0 Å². The van der Waals surface area contributed by atoms with Gasteiger partial charge in [0.2, 0.25) is 0 Å². The molecule has 0 bridgehead atoms. The second kappa shape index (κ2) is 7.50. The molecule has 0 saturated heterocycles. The van der Waals surface area contributed by atoms with Crippen LogP contribution in [0.1, 0.15) is 51.3 Å². The van der Waals surface area contributed by atoms with Gasteiger partial charge in [0.15, 0.2) is 0 Å². The van der Waals surface area contributed by atoms with E-state index in [1.807, 2.05) is 12.1 Å². The highest BCUT2D eigenvalue weighted by Crippen LogP contribution is 2.34. The second-order valence-corrected chi connectivity index (χ2v) is 9.59. The van der Waals surface area contributed by atoms with Gasteiger partial charge in [0.25, 0.3) is 0 Å². The van der Waals surface area contributed by atoms with Gasteiger partial charge in [-0.15, -0.1) is 0 Å². The first-order valence-corrected chi connectivity index (χ1v) is 9.32. The molecule has 0 nitrogen and oxygen atoms in total. The number of halogens is 2. The van der Waals surface area contributed by atoms with Crippen molar-refractivity contribution in [3.05, 3.63) is 69.2 Å². The van der Waals surface area contributed by atoms with Crippen molar-refractivity contribution in [1.29, 1.82) is 0 Å². The van der Waals surface area contributed by atoms with Crippen molar-refractivity contribution in [2.75, 3.05) is 0 Å². The molecule has 0 spiro atoms. The quantitative estimate of drug-likeness (QED) is 0.519. The van der Waals surface area contributed by atoms with Gasteiger partial charge in [-0.2, -0.15) is 0 Å². The van der Waals surface area contributed by atoms with Gasteiger partial charge in [-0.1, -0.05) is 88.2 Å². The van der Waals surface area contributed by atoms with E-state index in [4.69, 9.17) is 23.2 Å². The zero-order chi connectivity index (χ0) is 18.0. The summed E-state index contributed by atoms with van der Waals surface area (Å²) in [6, 6.07) is 14.6. The fourth-order valence-corrected chi connectivity index (χ4v) is 3.73. The molecule has 0 aromatic heterocycles. The summed E-state index contributed by atoms with van der Waals surface area (Å²) in [4.78, 5) is 0. The molecular formula is C22H28Cl2. The normalized spacial score (nSPS) is 12.5. The summed E-state index contributed by atoms with van der Waals surface area (Å²) in [5.74, 6) is 0. The number of rotatable bonds is 5. The molecule has 0 radical (unpaired) electrons. The minimum Gasteiger partial charge on any atom is -0.0843 e. The standard InChI is InChI=1S/C22H28Cl2/c1-21(2,3)14-17-9-7-10-18(20(17)24)15-22(4,5)13-16-8-6-11-19(23)12-16/h6-12H,13-15H2,1-5H3. The molecule has 0 aliphatic rings. The van der Waals surface area contributed by atoms with Crippen molar-refractivity contribution >= 4 is 23.2 Å². The average Bonchev–Trinajstić information content (AvgIpc) is 2.41. The van der Waals surface area contributed by atoms with E-state index >= 15 is 0 Å². The number of benzene rings is 2. The van der Waals surface area contributed by atoms with Crippen LogP contribution in [0.3, 0.4) is 0 Å². The molecule has 130 valence electrons. The molecule has 2 aromatic rings. The van der Waals surface area contributed by atoms with E-state index < -0.39 is 0 Å². The summed E-state index contributed by atoms with van der Waals surface area (Å²) in [6.07, 6.45) is 2.93. The van der Waals surface area contributed by atoms with Crippen LogP contribution in [0.25, 0.3) is 0 Å². The minimum absolute atomic E-state index is 0.120. The lowest BCUT2D eigenvalue weighted by Gasteiger charge is -2.27. The molecule has 0 amide bonds. The van der Waals surface area contributed by atoms with Crippen LogP contribution in [0.5, 0.6) is 0 Å². The Morgan fingerprint density at radius 3 is 1.92 bits per heavy atom. The highest BCUT2D eigenvalue weighted by atomic mass is 35.5. The van der Waals surface area contributed by atoms with Crippen LogP contribution in [-0.4, -0.2) is 0 Å². The Morgan fingerprint density at radius 2 is 1.33 bits per heavy atom. The van der Waals surface area contributed by atoms with Gasteiger partial charge >= 0.3 is 0 Å². The number of hydrogen-bond donors (Lipinski definition) is 0. The summed E-state index contributed by atoms with van der Waals surface area (Å²) in [6.45, 7) is 11.3. The third-order valence-electron chi connectivity index (χ3n) is 4.12. The van der Waals surface area contributed by atoms with Crippen LogP contribution in [0, 0.1) is 10.8 Å². The third kappa shape index (κ3) is 5.83. The Hall–Kier alpha value is -0.980. The molecule has 0 aliphatic heterocycles. The van der Waals surface area contributed by atoms with Gasteiger partial charge in [0.05, 0.1) is 0 Å². The monoisotopic (exact) mass is 362 g/mol. The van der Waals surface area contributed by atoms with E-state index in [0.29, 0.717) is 0 Å². The van der Waals surface area contributed by atoms with Crippen molar-refractivity contribution < 1.29 is 0 Å². The molecular weight excluding hydrogens is 335 g/mol. The zero-order valence-electron chi connectivity index (χ0n) is 15.4. The minimum atomic E-state index is 0.120. The lowest BCUT2D eigenvalue weighted by atomic mass is 9.79. The van der Waals surface area contributed by atoms with Crippen LogP contribution in [0.2, 0.25) is 10.0 Å². The van der Waals surface area contributed by atoms with E-state index in [-0.39, 0.29) is 10.8 Å². The summed E-state index contributed by atoms with van der Waals surface area (Å²) in [7, 11) is 0. The Labute approximate surface area is 157 Å². The SMILES string of the molecule is CC(C)(C)Cc1cccc(CC(C)(C)Cc2cccc(Cl)c2)c1Cl. The molecule has 2 aromatic carbocycles. The maximum Gasteiger partial charge on any atom is 0.0470 e. The highest BCUT2D eigenvalue weighted by molar-refractivity contribution is 6.32. The van der Waals surface area contributed by atoms with E-state index in [0.717, 1.165) is 29.3 Å². The molecule has 0 saturated carbocycles. The first-order chi connectivity index (χ1) is 11.1. The van der Waals surface area contributed by atoms with Crippen molar-refractivity contribution in [1.82, 2.24) is 0 Å². The molecule has 0 heterocycles. The Bertz CT molecular complexity index is 693. The summed E-state index contributed by atoms with van der Waals surface area (Å²) >= 11 is 12.8. The van der Waals surface area contributed by atoms with Gasteiger partial charge < -0.3 is 0 Å². The average molecular weight is 363 g/mol. The lowest BCUT2D eigenvalue weighted by Crippen LogP contribution is -2.19. The van der Waals surface area contributed by atoms with Crippen LogP contribution >= 0.6 is 23.2 Å². The van der Waals surface area contributed by atoms with Crippen LogP contribution in [0.15, 0.2) is 42.5 Å². The molecule has 0 aliphatic carbocycles. The zero-order valence-corrected chi connectivity index (χ0v) is 16.9. The lowest BCUT2D eigenvalue weighted by molar-refractivity contribution is 0.360. The Balaban J connectivity index is 2.18. The smallest absolute Gasteiger partial charge is 0.0470 e. The van der Waals surface area contributed by atoms with Crippen LogP contribution < -0.4 is 0 Å². The highest BCUT2D eigenvalue weighted by Gasteiger charge is 2.22. The van der Waals surface area contributed by atoms with Crippen molar-refractivity contribution in [2.24, 2.45) is 10.8 Å². The van der Waals surface area contributed by atoms with Crippen LogP contribution in [0.4, 0.5) is 0 Å². The summed E-state index contributed by atoms with van der Waals surface area (Å²) < 4.78 is 0. The summed E-state index contributed by atoms with van der Waals surface area (Å²) in [5.41, 5.74) is 4.12. The fourth-order valence-electron chi connectivity index (χ4n) is 3.25. The first kappa shape index (κ1) is 19.3. The molecule has 24 heavy (non-hydrogen) atoms. The maximum atomic E-state index is 6.73. The van der Waals surface area contributed by atoms with Crippen LogP contribution in [-0.2, 0) is 19.3 Å². The van der Waals surface area contributed by atoms with Gasteiger partial charge in [-0.25, -0.2) is 0 Å². The van der Waals surface area contributed by atoms with E-state index in [9.17, 15) is 0 Å². The first-order valence-electron chi connectivity index (χ1n) is 8.56. The predicted molar refractivity (Wildman–Crippen MR) is 107 cm³/mol. The predicted octanol–water partition coefficient (Wildman–Crippen LogP) is 7.39. The third-order valence-corrected chi connectivity index (χ3v) is 4.84. The molecule has 2 rings (SSSR count). The second-order valence-electron chi connectivity index (χ2n) is 8.78. The van der Waals surface area contributed by atoms with E-state index in [2.05, 4.69) is 65.0 Å². The molecule has 0 fully saturated rings. The molecule has 0 N–H and O–H groups in total. The van der Waals surface area contributed by atoms with Gasteiger partial charge in [-0.05, 0) is 58.9 Å². The molecule has 2 heteroatoms. The van der Waals surface area contributed by atoms with Crippen molar-refractivity contribution in [3.8, 4) is 0 Å². The molecule has 0 unspecified atom stereocenters. The largest absolute Gasteiger partial charge is 0.0843 e. The van der Waals surface area contributed by atoms with E-state index in [1.165, 1.54) is 16.7 Å². The Morgan fingerprint density at radius 1 is 0.750 bits per heavy atom. The van der Waals surface area contributed by atoms with Crippen molar-refractivity contribution in [2.45, 2.75) is 53.9 Å². The fraction of sp³-hybridized carbons (Fsp3) is 0.455. The Kier molecular flexibility index (Phi) is 6.04. The van der Waals surface area contributed by atoms with Gasteiger partial charge in [0, 0.05) is 10.0 Å². The molecule has 0 atom stereocenters. The maximum absolute atomic E-state index is 6.73. The topological polar surface area (TPSA) is 0 Å². The number of hydrogen-bond acceptors (Lipinski definition) is 0. The van der Waals surface area contributed by atoms with Gasteiger partial charge in [-0.3, -0.25) is 0 Å². The van der Waals surface area contributed by atoms with Gasteiger partial charge in [0.1, 0.15) is 0 Å².